The molecule has 1 amide bonds. The molecule has 0 unspecified atom stereocenters. The van der Waals surface area contributed by atoms with Gasteiger partial charge in [0, 0.05) is 30.4 Å². The Balaban J connectivity index is 1.60. The van der Waals surface area contributed by atoms with Gasteiger partial charge in [-0.15, -0.1) is 0 Å². The molecule has 8 nitrogen and oxygen atoms in total. The molecule has 0 radical (unpaired) electrons. The number of methoxy groups -OCH3 is 3. The number of anilines is 4. The number of amides is 1. The van der Waals surface area contributed by atoms with E-state index in [-0.39, 0.29) is 5.91 Å². The molecule has 0 aliphatic carbocycles. The molecule has 172 valence electrons. The zero-order chi connectivity index (χ0) is 23.8. The Morgan fingerprint density at radius 3 is 2.21 bits per heavy atom. The number of nitrogens with two attached hydrogens (primary N) is 2. The van der Waals surface area contributed by atoms with E-state index < -0.39 is 0 Å². The van der Waals surface area contributed by atoms with Gasteiger partial charge in [0.15, 0.2) is 11.5 Å². The van der Waals surface area contributed by atoms with Crippen molar-refractivity contribution in [3.63, 3.8) is 0 Å². The topological polar surface area (TPSA) is 121 Å². The van der Waals surface area contributed by atoms with E-state index in [1.165, 1.54) is 6.08 Å². The van der Waals surface area contributed by atoms with Gasteiger partial charge < -0.3 is 36.3 Å². The van der Waals surface area contributed by atoms with Crippen molar-refractivity contribution in [2.45, 2.75) is 6.54 Å². The summed E-state index contributed by atoms with van der Waals surface area (Å²) >= 11 is 0. The quantitative estimate of drug-likeness (QED) is 0.287. The van der Waals surface area contributed by atoms with Gasteiger partial charge in [0.25, 0.3) is 0 Å². The van der Waals surface area contributed by atoms with Gasteiger partial charge in [0.05, 0.1) is 38.4 Å². The Morgan fingerprint density at radius 2 is 1.61 bits per heavy atom. The van der Waals surface area contributed by atoms with Crippen molar-refractivity contribution < 1.29 is 19.0 Å². The number of carbonyl (C=O) groups is 1. The maximum Gasteiger partial charge on any atom is 0.248 e. The molecule has 3 aromatic carbocycles. The molecule has 0 aromatic heterocycles. The summed E-state index contributed by atoms with van der Waals surface area (Å²) in [5.41, 5.74) is 15.7. The lowest BCUT2D eigenvalue weighted by atomic mass is 10.1. The first-order chi connectivity index (χ1) is 15.9. The molecular formula is C25H28N4O4. The zero-order valence-corrected chi connectivity index (χ0v) is 18.8. The Kier molecular flexibility index (Phi) is 7.64. The van der Waals surface area contributed by atoms with Crippen LogP contribution in [-0.2, 0) is 11.3 Å². The van der Waals surface area contributed by atoms with Crippen molar-refractivity contribution in [2.24, 2.45) is 0 Å². The van der Waals surface area contributed by atoms with Crippen molar-refractivity contribution in [2.75, 3.05) is 43.4 Å². The van der Waals surface area contributed by atoms with Gasteiger partial charge in [-0.05, 0) is 29.3 Å². The average molecular weight is 449 g/mol. The Bertz CT molecular complexity index is 1120. The Labute approximate surface area is 193 Å². The smallest absolute Gasteiger partial charge is 0.248 e. The van der Waals surface area contributed by atoms with E-state index in [1.54, 1.807) is 45.6 Å². The highest BCUT2D eigenvalue weighted by Gasteiger charge is 2.13. The van der Waals surface area contributed by atoms with Crippen LogP contribution in [0.25, 0.3) is 6.08 Å². The minimum atomic E-state index is -0.291. The van der Waals surface area contributed by atoms with E-state index in [2.05, 4.69) is 10.6 Å². The monoisotopic (exact) mass is 448 g/mol. The van der Waals surface area contributed by atoms with Crippen LogP contribution < -0.4 is 36.3 Å². The summed E-state index contributed by atoms with van der Waals surface area (Å²) in [6.07, 6.45) is 3.18. The highest BCUT2D eigenvalue weighted by molar-refractivity contribution is 6.04. The molecule has 33 heavy (non-hydrogen) atoms. The third-order valence-electron chi connectivity index (χ3n) is 4.97. The van der Waals surface area contributed by atoms with Crippen molar-refractivity contribution >= 4 is 34.7 Å². The molecule has 0 aliphatic heterocycles. The number of rotatable bonds is 9. The summed E-state index contributed by atoms with van der Waals surface area (Å²) in [7, 11) is 4.73. The predicted molar refractivity (Wildman–Crippen MR) is 133 cm³/mol. The average Bonchev–Trinajstić information content (AvgIpc) is 2.84. The summed E-state index contributed by atoms with van der Waals surface area (Å²) in [4.78, 5) is 12.2. The fourth-order valence-electron chi connectivity index (χ4n) is 3.17. The van der Waals surface area contributed by atoms with Crippen LogP contribution in [0.1, 0.15) is 11.1 Å². The molecule has 6 N–H and O–H groups in total. The molecule has 0 saturated heterocycles. The number of nitrogens with one attached hydrogen (secondary N) is 2. The van der Waals surface area contributed by atoms with Crippen molar-refractivity contribution in [3.8, 4) is 17.2 Å². The lowest BCUT2D eigenvalue weighted by Crippen LogP contribution is -2.10. The number of para-hydroxylation sites is 1. The van der Waals surface area contributed by atoms with Crippen LogP contribution in [0, 0.1) is 0 Å². The third kappa shape index (κ3) is 5.88. The second kappa shape index (κ2) is 10.8. The second-order valence-corrected chi connectivity index (χ2v) is 7.14. The van der Waals surface area contributed by atoms with Crippen LogP contribution >= 0.6 is 0 Å². The summed E-state index contributed by atoms with van der Waals surface area (Å²) < 4.78 is 16.1. The number of ether oxygens (including phenoxy) is 3. The highest BCUT2D eigenvalue weighted by Crippen LogP contribution is 2.40. The normalized spacial score (nSPS) is 10.6. The van der Waals surface area contributed by atoms with E-state index >= 15 is 0 Å². The first-order valence-electron chi connectivity index (χ1n) is 10.2. The van der Waals surface area contributed by atoms with Crippen LogP contribution in [0.3, 0.4) is 0 Å². The fourth-order valence-corrected chi connectivity index (χ4v) is 3.17. The van der Waals surface area contributed by atoms with Crippen LogP contribution in [0.4, 0.5) is 22.7 Å². The summed E-state index contributed by atoms with van der Waals surface area (Å²) in [5.74, 6) is 1.42. The Morgan fingerprint density at radius 1 is 0.939 bits per heavy atom. The lowest BCUT2D eigenvalue weighted by Gasteiger charge is -2.15. The maximum atomic E-state index is 12.2. The molecule has 0 saturated carbocycles. The van der Waals surface area contributed by atoms with Gasteiger partial charge in [-0.2, -0.15) is 0 Å². The minimum Gasteiger partial charge on any atom is -0.493 e. The van der Waals surface area contributed by atoms with Crippen molar-refractivity contribution in [1.82, 2.24) is 0 Å². The number of hydrogen-bond donors (Lipinski definition) is 4. The first kappa shape index (κ1) is 23.3. The van der Waals surface area contributed by atoms with E-state index in [9.17, 15) is 4.79 Å². The van der Waals surface area contributed by atoms with Gasteiger partial charge in [-0.1, -0.05) is 30.3 Å². The van der Waals surface area contributed by atoms with Crippen molar-refractivity contribution in [3.05, 3.63) is 71.8 Å². The molecule has 8 heteroatoms. The van der Waals surface area contributed by atoms with Crippen LogP contribution in [0.2, 0.25) is 0 Å². The Hall–Kier alpha value is -4.33. The molecule has 3 aromatic rings. The highest BCUT2D eigenvalue weighted by atomic mass is 16.5. The zero-order valence-electron chi connectivity index (χ0n) is 18.8. The van der Waals surface area contributed by atoms with Gasteiger partial charge >= 0.3 is 0 Å². The minimum absolute atomic E-state index is 0.291. The second-order valence-electron chi connectivity index (χ2n) is 7.14. The van der Waals surface area contributed by atoms with Crippen LogP contribution in [0.5, 0.6) is 17.2 Å². The van der Waals surface area contributed by atoms with Gasteiger partial charge in [0.2, 0.25) is 11.7 Å². The lowest BCUT2D eigenvalue weighted by molar-refractivity contribution is -0.111. The maximum absolute atomic E-state index is 12.2. The summed E-state index contributed by atoms with van der Waals surface area (Å²) in [6, 6.07) is 16.7. The number of benzene rings is 3. The van der Waals surface area contributed by atoms with Gasteiger partial charge in [0.1, 0.15) is 0 Å². The van der Waals surface area contributed by atoms with Crippen LogP contribution in [0.15, 0.2) is 60.7 Å². The molecule has 0 aliphatic rings. The molecule has 0 fully saturated rings. The van der Waals surface area contributed by atoms with E-state index in [1.807, 2.05) is 36.4 Å². The van der Waals surface area contributed by atoms with Crippen molar-refractivity contribution in [1.29, 1.82) is 0 Å². The van der Waals surface area contributed by atoms with E-state index in [4.69, 9.17) is 25.7 Å². The number of hydrogen-bond acceptors (Lipinski definition) is 7. The van der Waals surface area contributed by atoms with Crippen LogP contribution in [-0.4, -0.2) is 27.2 Å². The predicted octanol–water partition coefficient (Wildman–Crippen LogP) is 4.14. The number of carbonyl (C=O) groups excluding carboxylic acids is 1. The standard InChI is InChI=1S/C25H28N4O4/c1-31-21-13-18(14-22(32-2)25(21)33-3)28-15-17-9-7-16(8-10-17)11-12-23(30)29-20-6-4-5-19(26)24(20)27/h4-14,28H,15,26-27H2,1-3H3,(H,29,30)/b12-11+. The van der Waals surface area contributed by atoms with E-state index in [0.29, 0.717) is 40.9 Å². The van der Waals surface area contributed by atoms with Gasteiger partial charge in [-0.25, -0.2) is 0 Å². The third-order valence-corrected chi connectivity index (χ3v) is 4.97. The molecule has 0 atom stereocenters. The molecule has 0 bridgehead atoms. The molecule has 0 heterocycles. The molecule has 3 rings (SSSR count). The summed E-state index contributed by atoms with van der Waals surface area (Å²) in [6.45, 7) is 0.595. The molecular weight excluding hydrogens is 420 g/mol. The first-order valence-corrected chi connectivity index (χ1v) is 10.2. The largest absolute Gasteiger partial charge is 0.493 e. The molecule has 0 spiro atoms. The number of nitrogen functional groups attached to an aromatic ring is 2. The van der Waals surface area contributed by atoms with Gasteiger partial charge in [-0.3, -0.25) is 4.79 Å². The fraction of sp³-hybridized carbons (Fsp3) is 0.160. The summed E-state index contributed by atoms with van der Waals surface area (Å²) in [5, 5.41) is 6.08. The van der Waals surface area contributed by atoms with E-state index in [0.717, 1.165) is 16.8 Å². The SMILES string of the molecule is COc1cc(NCc2ccc(/C=C/C(=O)Nc3cccc(N)c3N)cc2)cc(OC)c1OC.